The number of fused-ring (bicyclic) bond motifs is 1. The Kier molecular flexibility index (Phi) is 4.95. The molecule has 1 aliphatic rings. The van der Waals surface area contributed by atoms with Gasteiger partial charge in [0.05, 0.1) is 18.0 Å². The summed E-state index contributed by atoms with van der Waals surface area (Å²) >= 11 is 0. The van der Waals surface area contributed by atoms with Gasteiger partial charge in [-0.25, -0.2) is 9.50 Å². The summed E-state index contributed by atoms with van der Waals surface area (Å²) in [4.78, 5) is 8.62. The van der Waals surface area contributed by atoms with Crippen LogP contribution in [0.2, 0.25) is 0 Å². The van der Waals surface area contributed by atoms with Gasteiger partial charge in [0.25, 0.3) is 0 Å². The maximum atomic E-state index is 6.03. The lowest BCUT2D eigenvalue weighted by Gasteiger charge is -2.22. The van der Waals surface area contributed by atoms with Crippen molar-refractivity contribution in [1.82, 2.24) is 24.9 Å². The van der Waals surface area contributed by atoms with Gasteiger partial charge in [-0.1, -0.05) is 13.3 Å². The highest BCUT2D eigenvalue weighted by atomic mass is 16.5. The van der Waals surface area contributed by atoms with Gasteiger partial charge in [0.1, 0.15) is 0 Å². The summed E-state index contributed by atoms with van der Waals surface area (Å²) in [6, 6.07) is 0.334. The van der Waals surface area contributed by atoms with Crippen LogP contribution in [-0.4, -0.2) is 38.8 Å². The molecular formula is C16H26N6O. The molecule has 7 nitrogen and oxygen atoms in total. The number of aromatic nitrogens is 4. The molecule has 1 aliphatic heterocycles. The molecule has 3 N–H and O–H groups in total. The third kappa shape index (κ3) is 3.72. The third-order valence-electron chi connectivity index (χ3n) is 4.40. The molecule has 23 heavy (non-hydrogen) atoms. The summed E-state index contributed by atoms with van der Waals surface area (Å²) in [5.74, 6) is 1.03. The second-order valence-electron chi connectivity index (χ2n) is 6.38. The van der Waals surface area contributed by atoms with Crippen molar-refractivity contribution in [2.75, 3.05) is 18.8 Å². The molecule has 3 rings (SSSR count). The van der Waals surface area contributed by atoms with Crippen molar-refractivity contribution in [1.29, 1.82) is 0 Å². The molecule has 0 spiro atoms. The molecule has 7 heteroatoms. The maximum Gasteiger partial charge on any atom is 0.336 e. The average molecular weight is 318 g/mol. The Bertz CT molecular complexity index is 649. The molecule has 1 fully saturated rings. The monoisotopic (exact) mass is 318 g/mol. The fourth-order valence-corrected chi connectivity index (χ4v) is 3.14. The van der Waals surface area contributed by atoms with Crippen LogP contribution in [0.4, 0.5) is 5.82 Å². The van der Waals surface area contributed by atoms with Crippen molar-refractivity contribution in [3.8, 4) is 6.01 Å². The van der Waals surface area contributed by atoms with E-state index < -0.39 is 0 Å². The number of nitrogens with one attached hydrogen (secondary N) is 1. The molecule has 0 aromatic carbocycles. The van der Waals surface area contributed by atoms with Crippen LogP contribution in [0.15, 0.2) is 6.20 Å². The molecule has 1 saturated heterocycles. The van der Waals surface area contributed by atoms with E-state index in [1.165, 1.54) is 12.8 Å². The van der Waals surface area contributed by atoms with Crippen molar-refractivity contribution in [3.05, 3.63) is 11.9 Å². The Morgan fingerprint density at radius 2 is 2.22 bits per heavy atom. The Labute approximate surface area is 136 Å². The summed E-state index contributed by atoms with van der Waals surface area (Å²) in [6.07, 6.45) is 7.30. The Hall–Kier alpha value is -1.89. The predicted molar refractivity (Wildman–Crippen MR) is 89.5 cm³/mol. The lowest BCUT2D eigenvalue weighted by molar-refractivity contribution is 0.189. The first-order chi connectivity index (χ1) is 11.2. The zero-order valence-corrected chi connectivity index (χ0v) is 14.0. The quantitative estimate of drug-likeness (QED) is 0.844. The van der Waals surface area contributed by atoms with E-state index >= 15 is 0 Å². The lowest BCUT2D eigenvalue weighted by atomic mass is 9.93. The number of hydrogen-bond donors (Lipinski definition) is 2. The zero-order valence-electron chi connectivity index (χ0n) is 14.0. The van der Waals surface area contributed by atoms with Crippen LogP contribution in [-0.2, 0) is 6.42 Å². The van der Waals surface area contributed by atoms with E-state index in [1.807, 2.05) is 13.1 Å². The molecule has 2 aromatic heterocycles. The highest BCUT2D eigenvalue weighted by Gasteiger charge is 2.18. The number of ether oxygens (including phenoxy) is 1. The fourth-order valence-electron chi connectivity index (χ4n) is 3.14. The maximum absolute atomic E-state index is 6.03. The Balaban J connectivity index is 1.83. The van der Waals surface area contributed by atoms with Crippen LogP contribution in [0.5, 0.6) is 6.01 Å². The fraction of sp³-hybridized carbons (Fsp3) is 0.688. The van der Waals surface area contributed by atoms with E-state index in [4.69, 9.17) is 10.5 Å². The van der Waals surface area contributed by atoms with Gasteiger partial charge in [-0.3, -0.25) is 0 Å². The minimum absolute atomic E-state index is 0.0771. The third-order valence-corrected chi connectivity index (χ3v) is 4.40. The van der Waals surface area contributed by atoms with Gasteiger partial charge < -0.3 is 15.8 Å². The second kappa shape index (κ2) is 7.12. The number of nitrogens with two attached hydrogens (primary N) is 1. The van der Waals surface area contributed by atoms with Crippen LogP contribution in [0.25, 0.3) is 5.65 Å². The minimum atomic E-state index is 0.0771. The summed E-state index contributed by atoms with van der Waals surface area (Å²) < 4.78 is 7.60. The standard InChI is InChI=1S/C16H26N6O/c1-3-4-11(2)23-16-20-14(17)15-19-10-13(22(15)21-16)9-12-5-7-18-8-6-12/h10-12,18H,3-9H2,1-2H3,(H2,17,20,21)/t11-/m1/s1. The minimum Gasteiger partial charge on any atom is -0.459 e. The molecule has 126 valence electrons. The molecule has 0 aliphatic carbocycles. The normalized spacial score (nSPS) is 17.5. The number of nitrogens with zero attached hydrogens (tertiary/aromatic N) is 4. The van der Waals surface area contributed by atoms with Crippen molar-refractivity contribution in [2.24, 2.45) is 5.92 Å². The summed E-state index contributed by atoms with van der Waals surface area (Å²) in [5, 5.41) is 7.90. The van der Waals surface area contributed by atoms with Gasteiger partial charge in [0, 0.05) is 0 Å². The Morgan fingerprint density at radius 3 is 2.96 bits per heavy atom. The first kappa shape index (κ1) is 16.0. The molecule has 0 saturated carbocycles. The van der Waals surface area contributed by atoms with Gasteiger partial charge in [-0.15, -0.1) is 5.10 Å². The first-order valence-corrected chi connectivity index (χ1v) is 8.55. The number of piperidine rings is 1. The van der Waals surface area contributed by atoms with E-state index in [0.717, 1.165) is 38.0 Å². The highest BCUT2D eigenvalue weighted by molar-refractivity contribution is 5.59. The average Bonchev–Trinajstić information content (AvgIpc) is 2.92. The largest absolute Gasteiger partial charge is 0.459 e. The molecule has 0 amide bonds. The zero-order chi connectivity index (χ0) is 16.2. The smallest absolute Gasteiger partial charge is 0.336 e. The number of hydrogen-bond acceptors (Lipinski definition) is 6. The van der Waals surface area contributed by atoms with Crippen LogP contribution < -0.4 is 15.8 Å². The molecule has 1 atom stereocenters. The number of rotatable bonds is 6. The van der Waals surface area contributed by atoms with E-state index in [0.29, 0.717) is 23.4 Å². The summed E-state index contributed by atoms with van der Waals surface area (Å²) in [5.41, 5.74) is 7.72. The summed E-state index contributed by atoms with van der Waals surface area (Å²) in [6.45, 7) is 6.32. The Morgan fingerprint density at radius 1 is 1.43 bits per heavy atom. The molecule has 2 aromatic rings. The van der Waals surface area contributed by atoms with Gasteiger partial charge in [-0.05, 0) is 51.6 Å². The van der Waals surface area contributed by atoms with E-state index in [2.05, 4.69) is 27.3 Å². The van der Waals surface area contributed by atoms with Gasteiger partial charge >= 0.3 is 6.01 Å². The molecule has 0 radical (unpaired) electrons. The van der Waals surface area contributed by atoms with Crippen molar-refractivity contribution in [2.45, 2.75) is 52.1 Å². The number of nitrogen functional groups attached to an aromatic ring is 1. The molecule has 0 bridgehead atoms. The van der Waals surface area contributed by atoms with E-state index in [-0.39, 0.29) is 6.10 Å². The molecular weight excluding hydrogens is 292 g/mol. The van der Waals surface area contributed by atoms with Crippen molar-refractivity contribution >= 4 is 11.5 Å². The number of imidazole rings is 1. The molecule has 0 unspecified atom stereocenters. The van der Waals surface area contributed by atoms with Crippen LogP contribution in [0.3, 0.4) is 0 Å². The number of anilines is 1. The second-order valence-corrected chi connectivity index (χ2v) is 6.38. The first-order valence-electron chi connectivity index (χ1n) is 8.55. The van der Waals surface area contributed by atoms with E-state index in [9.17, 15) is 0 Å². The van der Waals surface area contributed by atoms with Gasteiger partial charge in [-0.2, -0.15) is 4.98 Å². The SMILES string of the molecule is CCC[C@@H](C)Oc1nc(N)c2ncc(CC3CCNCC3)n2n1. The van der Waals surface area contributed by atoms with Gasteiger partial charge in [0.2, 0.25) is 0 Å². The highest BCUT2D eigenvalue weighted by Crippen LogP contribution is 2.21. The van der Waals surface area contributed by atoms with Crippen LogP contribution >= 0.6 is 0 Å². The van der Waals surface area contributed by atoms with Crippen molar-refractivity contribution < 1.29 is 4.74 Å². The topological polar surface area (TPSA) is 90.4 Å². The van der Waals surface area contributed by atoms with E-state index in [1.54, 1.807) is 4.52 Å². The summed E-state index contributed by atoms with van der Waals surface area (Å²) in [7, 11) is 0. The predicted octanol–water partition coefficient (Wildman–Crippen LogP) is 1.82. The van der Waals surface area contributed by atoms with Crippen LogP contribution in [0.1, 0.15) is 45.2 Å². The van der Waals surface area contributed by atoms with Crippen LogP contribution in [0, 0.1) is 5.92 Å². The van der Waals surface area contributed by atoms with Gasteiger partial charge in [0.15, 0.2) is 11.5 Å². The lowest BCUT2D eigenvalue weighted by Crippen LogP contribution is -2.29. The molecule has 3 heterocycles. The van der Waals surface area contributed by atoms with Crippen molar-refractivity contribution in [3.63, 3.8) is 0 Å².